The van der Waals surface area contributed by atoms with Crippen LogP contribution in [0.2, 0.25) is 5.28 Å². The fraction of sp³-hybridized carbons (Fsp3) is 0.333. The predicted octanol–water partition coefficient (Wildman–Crippen LogP) is 2.39. The summed E-state index contributed by atoms with van der Waals surface area (Å²) in [4.78, 5) is 0. The number of benzene rings is 1. The molecule has 5 nitrogen and oxygen atoms in total. The van der Waals surface area contributed by atoms with E-state index >= 15 is 0 Å². The lowest BCUT2D eigenvalue weighted by molar-refractivity contribution is 0.297. The van der Waals surface area contributed by atoms with E-state index in [0.717, 1.165) is 29.4 Å². The molecule has 6 heteroatoms. The van der Waals surface area contributed by atoms with E-state index in [1.54, 1.807) is 4.57 Å². The number of aromatic nitrogens is 3. The van der Waals surface area contributed by atoms with Crippen molar-refractivity contribution < 1.29 is 9.47 Å². The molecule has 0 N–H and O–H groups in total. The summed E-state index contributed by atoms with van der Waals surface area (Å²) in [6.07, 6.45) is 0.885. The van der Waals surface area contributed by atoms with Crippen LogP contribution in [0.15, 0.2) is 18.2 Å². The van der Waals surface area contributed by atoms with Crippen molar-refractivity contribution in [2.24, 2.45) is 0 Å². The Bertz CT molecular complexity index is 563. The van der Waals surface area contributed by atoms with Gasteiger partial charge in [0.25, 0.3) is 0 Å². The summed E-state index contributed by atoms with van der Waals surface area (Å²) in [6.45, 7) is 3.19. The van der Waals surface area contributed by atoms with Crippen molar-refractivity contribution in [3.8, 4) is 17.2 Å². The minimum absolute atomic E-state index is 0.335. The molecule has 94 valence electrons. The molecule has 1 aromatic carbocycles. The quantitative estimate of drug-likeness (QED) is 0.794. The van der Waals surface area contributed by atoms with Gasteiger partial charge in [-0.2, -0.15) is 0 Å². The summed E-state index contributed by atoms with van der Waals surface area (Å²) in [5.74, 6) is 2.22. The molecule has 3 rings (SSSR count). The van der Waals surface area contributed by atoms with Gasteiger partial charge in [-0.25, -0.2) is 0 Å². The van der Waals surface area contributed by atoms with E-state index in [-0.39, 0.29) is 0 Å². The average molecular weight is 266 g/mol. The van der Waals surface area contributed by atoms with Crippen molar-refractivity contribution >= 4 is 11.6 Å². The van der Waals surface area contributed by atoms with Gasteiger partial charge in [0.2, 0.25) is 5.28 Å². The minimum atomic E-state index is 0.335. The van der Waals surface area contributed by atoms with Crippen LogP contribution in [0.3, 0.4) is 0 Å². The zero-order chi connectivity index (χ0) is 12.5. The Morgan fingerprint density at radius 1 is 1.17 bits per heavy atom. The Morgan fingerprint density at radius 2 is 1.94 bits per heavy atom. The number of hydrogen-bond acceptors (Lipinski definition) is 4. The first kappa shape index (κ1) is 11.3. The summed E-state index contributed by atoms with van der Waals surface area (Å²) in [7, 11) is 0. The van der Waals surface area contributed by atoms with Crippen LogP contribution in [-0.2, 0) is 0 Å². The largest absolute Gasteiger partial charge is 0.490 e. The summed E-state index contributed by atoms with van der Waals surface area (Å²) in [5.41, 5.74) is 0.867. The Hall–Kier alpha value is -1.75. The number of nitrogens with zero attached hydrogens (tertiary/aromatic N) is 3. The third kappa shape index (κ3) is 1.90. The summed E-state index contributed by atoms with van der Waals surface area (Å²) < 4.78 is 13.0. The third-order valence-electron chi connectivity index (χ3n) is 2.77. The molecule has 18 heavy (non-hydrogen) atoms. The van der Waals surface area contributed by atoms with Crippen molar-refractivity contribution in [1.29, 1.82) is 0 Å². The smallest absolute Gasteiger partial charge is 0.229 e. The predicted molar refractivity (Wildman–Crippen MR) is 66.7 cm³/mol. The Kier molecular flexibility index (Phi) is 2.83. The van der Waals surface area contributed by atoms with Crippen LogP contribution in [0, 0.1) is 6.92 Å². The highest BCUT2D eigenvalue weighted by molar-refractivity contribution is 6.28. The van der Waals surface area contributed by atoms with Crippen molar-refractivity contribution in [2.45, 2.75) is 13.3 Å². The lowest BCUT2D eigenvalue weighted by Crippen LogP contribution is -1.99. The SMILES string of the molecule is Cc1nnc(Cl)n1-c1ccc2c(c1)OCCCO2. The Labute approximate surface area is 109 Å². The van der Waals surface area contributed by atoms with E-state index in [4.69, 9.17) is 21.1 Å². The molecule has 0 unspecified atom stereocenters. The van der Waals surface area contributed by atoms with Crippen molar-refractivity contribution in [1.82, 2.24) is 14.8 Å². The molecule has 0 radical (unpaired) electrons. The van der Waals surface area contributed by atoms with Gasteiger partial charge in [0.05, 0.1) is 18.9 Å². The molecule has 0 spiro atoms. The van der Waals surface area contributed by atoms with Crippen LogP contribution in [0.1, 0.15) is 12.2 Å². The summed E-state index contributed by atoms with van der Waals surface area (Å²) in [5, 5.41) is 8.10. The highest BCUT2D eigenvalue weighted by Gasteiger charge is 2.14. The van der Waals surface area contributed by atoms with Gasteiger partial charge < -0.3 is 9.47 Å². The van der Waals surface area contributed by atoms with Gasteiger partial charge in [-0.3, -0.25) is 4.57 Å². The lowest BCUT2D eigenvalue weighted by Gasteiger charge is -2.10. The maximum absolute atomic E-state index is 6.01. The van der Waals surface area contributed by atoms with Crippen molar-refractivity contribution in [3.05, 3.63) is 29.3 Å². The number of halogens is 1. The highest BCUT2D eigenvalue weighted by atomic mass is 35.5. The van der Waals surface area contributed by atoms with Gasteiger partial charge in [0, 0.05) is 12.5 Å². The van der Waals surface area contributed by atoms with Gasteiger partial charge in [-0.15, -0.1) is 10.2 Å². The van der Waals surface area contributed by atoms with Crippen molar-refractivity contribution in [3.63, 3.8) is 0 Å². The van der Waals surface area contributed by atoms with Gasteiger partial charge in [0.1, 0.15) is 5.82 Å². The normalized spacial score (nSPS) is 14.3. The standard InChI is InChI=1S/C12H12ClN3O2/c1-8-14-15-12(13)16(8)9-3-4-10-11(7-9)18-6-2-5-17-10/h3-4,7H,2,5-6H2,1H3. The molecular weight excluding hydrogens is 254 g/mol. The number of ether oxygens (including phenoxy) is 2. The molecular formula is C12H12ClN3O2. The van der Waals surface area contributed by atoms with Crippen LogP contribution in [-0.4, -0.2) is 28.0 Å². The van der Waals surface area contributed by atoms with Crippen molar-refractivity contribution in [2.75, 3.05) is 13.2 Å². The molecule has 1 aliphatic rings. The lowest BCUT2D eigenvalue weighted by atomic mass is 10.2. The molecule has 0 atom stereocenters. The first-order valence-corrected chi connectivity index (χ1v) is 6.11. The Balaban J connectivity index is 2.07. The number of hydrogen-bond donors (Lipinski definition) is 0. The second-order valence-corrected chi connectivity index (χ2v) is 4.37. The van der Waals surface area contributed by atoms with Crippen LogP contribution >= 0.6 is 11.6 Å². The van der Waals surface area contributed by atoms with Gasteiger partial charge in [0.15, 0.2) is 11.5 Å². The maximum Gasteiger partial charge on any atom is 0.229 e. The highest BCUT2D eigenvalue weighted by Crippen LogP contribution is 2.32. The molecule has 0 aliphatic carbocycles. The van der Waals surface area contributed by atoms with Crippen LogP contribution in [0.4, 0.5) is 0 Å². The van der Waals surface area contributed by atoms with Crippen LogP contribution < -0.4 is 9.47 Å². The fourth-order valence-corrected chi connectivity index (χ4v) is 2.18. The van der Waals surface area contributed by atoms with Gasteiger partial charge in [-0.1, -0.05) is 0 Å². The number of rotatable bonds is 1. The Morgan fingerprint density at radius 3 is 2.67 bits per heavy atom. The van der Waals surface area contributed by atoms with Gasteiger partial charge in [-0.05, 0) is 30.7 Å². The molecule has 2 heterocycles. The minimum Gasteiger partial charge on any atom is -0.490 e. The molecule has 2 aromatic rings. The molecule has 0 bridgehead atoms. The molecule has 0 fully saturated rings. The fourth-order valence-electron chi connectivity index (χ4n) is 1.92. The molecule has 0 saturated carbocycles. The topological polar surface area (TPSA) is 49.2 Å². The average Bonchev–Trinajstić information content (AvgIpc) is 2.59. The molecule has 1 aromatic heterocycles. The summed E-state index contributed by atoms with van der Waals surface area (Å²) in [6, 6.07) is 5.68. The van der Waals surface area contributed by atoms with E-state index in [1.165, 1.54) is 0 Å². The first-order chi connectivity index (χ1) is 8.75. The van der Waals surface area contributed by atoms with E-state index in [2.05, 4.69) is 10.2 Å². The van der Waals surface area contributed by atoms with Gasteiger partial charge >= 0.3 is 0 Å². The van der Waals surface area contributed by atoms with Crippen LogP contribution in [0.5, 0.6) is 11.5 Å². The third-order valence-corrected chi connectivity index (χ3v) is 3.02. The maximum atomic E-state index is 6.01. The number of fused-ring (bicyclic) bond motifs is 1. The first-order valence-electron chi connectivity index (χ1n) is 5.73. The summed E-state index contributed by atoms with van der Waals surface area (Å²) >= 11 is 6.01. The zero-order valence-electron chi connectivity index (χ0n) is 9.89. The van der Waals surface area contributed by atoms with E-state index in [9.17, 15) is 0 Å². The van der Waals surface area contributed by atoms with Crippen LogP contribution in [0.25, 0.3) is 5.69 Å². The van der Waals surface area contributed by atoms with E-state index in [0.29, 0.717) is 18.5 Å². The second-order valence-electron chi connectivity index (χ2n) is 4.03. The zero-order valence-corrected chi connectivity index (χ0v) is 10.6. The van der Waals surface area contributed by atoms with E-state index in [1.807, 2.05) is 25.1 Å². The molecule has 0 amide bonds. The number of aryl methyl sites for hydroxylation is 1. The van der Waals surface area contributed by atoms with E-state index < -0.39 is 0 Å². The second kappa shape index (κ2) is 4.49. The molecule has 0 saturated heterocycles. The monoisotopic (exact) mass is 265 g/mol. The molecule has 1 aliphatic heterocycles.